The highest BCUT2D eigenvalue weighted by molar-refractivity contribution is 6.21. The molecule has 3 aromatic rings. The predicted octanol–water partition coefficient (Wildman–Crippen LogP) is 3.25. The minimum Gasteiger partial charge on any atom is -0.324 e. The van der Waals surface area contributed by atoms with Gasteiger partial charge in [-0.25, -0.2) is 0 Å². The van der Waals surface area contributed by atoms with Crippen molar-refractivity contribution in [2.24, 2.45) is 0 Å². The highest BCUT2D eigenvalue weighted by atomic mass is 16.2. The minimum atomic E-state index is -0.297. The van der Waals surface area contributed by atoms with Gasteiger partial charge in [-0.3, -0.25) is 24.3 Å². The molecule has 2 aromatic carbocycles. The molecule has 0 saturated heterocycles. The van der Waals surface area contributed by atoms with Crippen molar-refractivity contribution < 1.29 is 14.4 Å². The standard InChI is InChI=1S/C21H17N3O3/c25-18(23-17-10-3-6-14-7-4-12-22-19(14)17)11-5-13-24-20(26)15-8-1-2-9-16(15)21(24)27/h1-4,6-10,12H,5,11,13H2,(H,23,25). The molecule has 6 heteroatoms. The third-order valence-corrected chi connectivity index (χ3v) is 4.57. The summed E-state index contributed by atoms with van der Waals surface area (Å²) in [5.74, 6) is -0.770. The number of benzene rings is 2. The number of hydrogen-bond donors (Lipinski definition) is 1. The Bertz CT molecular complexity index is 1020. The van der Waals surface area contributed by atoms with Gasteiger partial charge in [0.2, 0.25) is 5.91 Å². The maximum absolute atomic E-state index is 12.3. The van der Waals surface area contributed by atoms with E-state index < -0.39 is 0 Å². The molecule has 27 heavy (non-hydrogen) atoms. The van der Waals surface area contributed by atoms with Crippen LogP contribution in [-0.2, 0) is 4.79 Å². The average Bonchev–Trinajstić information content (AvgIpc) is 2.93. The zero-order chi connectivity index (χ0) is 18.8. The fraction of sp³-hybridized carbons (Fsp3) is 0.143. The second kappa shape index (κ2) is 6.99. The van der Waals surface area contributed by atoms with E-state index in [9.17, 15) is 14.4 Å². The normalized spacial score (nSPS) is 13.1. The van der Waals surface area contributed by atoms with Gasteiger partial charge in [0.15, 0.2) is 0 Å². The van der Waals surface area contributed by atoms with Gasteiger partial charge in [0.1, 0.15) is 0 Å². The zero-order valence-corrected chi connectivity index (χ0v) is 14.5. The van der Waals surface area contributed by atoms with Gasteiger partial charge >= 0.3 is 0 Å². The molecule has 0 fully saturated rings. The van der Waals surface area contributed by atoms with E-state index in [-0.39, 0.29) is 30.7 Å². The summed E-state index contributed by atoms with van der Waals surface area (Å²) in [6.07, 6.45) is 2.28. The van der Waals surface area contributed by atoms with Crippen LogP contribution in [0.4, 0.5) is 5.69 Å². The molecule has 1 aromatic heterocycles. The molecule has 134 valence electrons. The number of amides is 3. The molecule has 4 rings (SSSR count). The fourth-order valence-electron chi connectivity index (χ4n) is 3.26. The first-order chi connectivity index (χ1) is 13.1. The number of nitrogens with zero attached hydrogens (tertiary/aromatic N) is 2. The van der Waals surface area contributed by atoms with Crippen LogP contribution in [0.25, 0.3) is 10.9 Å². The summed E-state index contributed by atoms with van der Waals surface area (Å²) in [4.78, 5) is 42.4. The lowest BCUT2D eigenvalue weighted by Crippen LogP contribution is -2.31. The number of fused-ring (bicyclic) bond motifs is 2. The lowest BCUT2D eigenvalue weighted by atomic mass is 10.1. The fourth-order valence-corrected chi connectivity index (χ4v) is 3.26. The maximum Gasteiger partial charge on any atom is 0.261 e. The molecule has 0 radical (unpaired) electrons. The second-order valence-corrected chi connectivity index (χ2v) is 6.34. The Kier molecular flexibility index (Phi) is 4.38. The van der Waals surface area contributed by atoms with Crippen molar-refractivity contribution in [1.82, 2.24) is 9.88 Å². The van der Waals surface area contributed by atoms with E-state index in [4.69, 9.17) is 0 Å². The number of anilines is 1. The van der Waals surface area contributed by atoms with Crippen LogP contribution in [0.2, 0.25) is 0 Å². The Morgan fingerprint density at radius 3 is 2.37 bits per heavy atom. The zero-order valence-electron chi connectivity index (χ0n) is 14.5. The molecule has 1 aliphatic rings. The Balaban J connectivity index is 1.37. The topological polar surface area (TPSA) is 79.4 Å². The molecule has 0 bridgehead atoms. The summed E-state index contributed by atoms with van der Waals surface area (Å²) in [5, 5.41) is 3.81. The Morgan fingerprint density at radius 2 is 1.63 bits per heavy atom. The second-order valence-electron chi connectivity index (χ2n) is 6.34. The van der Waals surface area contributed by atoms with Gasteiger partial charge < -0.3 is 5.32 Å². The van der Waals surface area contributed by atoms with Crippen LogP contribution in [0.3, 0.4) is 0 Å². The molecule has 2 heterocycles. The van der Waals surface area contributed by atoms with Crippen LogP contribution in [-0.4, -0.2) is 34.2 Å². The van der Waals surface area contributed by atoms with Crippen LogP contribution >= 0.6 is 0 Å². The third-order valence-electron chi connectivity index (χ3n) is 4.57. The van der Waals surface area contributed by atoms with Crippen molar-refractivity contribution in [2.75, 3.05) is 11.9 Å². The molecule has 0 saturated carbocycles. The van der Waals surface area contributed by atoms with Crippen molar-refractivity contribution >= 4 is 34.3 Å². The molecule has 1 N–H and O–H groups in total. The summed E-state index contributed by atoms with van der Waals surface area (Å²) in [5.41, 5.74) is 2.23. The van der Waals surface area contributed by atoms with Gasteiger partial charge in [-0.2, -0.15) is 0 Å². The first kappa shape index (κ1) is 16.9. The third kappa shape index (κ3) is 3.17. The van der Waals surface area contributed by atoms with Crippen molar-refractivity contribution in [1.29, 1.82) is 0 Å². The largest absolute Gasteiger partial charge is 0.324 e. The molecule has 1 aliphatic heterocycles. The number of carbonyl (C=O) groups is 3. The summed E-state index contributed by atoms with van der Waals surface area (Å²) in [6.45, 7) is 0.216. The highest BCUT2D eigenvalue weighted by Crippen LogP contribution is 2.23. The molecule has 0 aliphatic carbocycles. The molecule has 0 unspecified atom stereocenters. The van der Waals surface area contributed by atoms with Gasteiger partial charge in [0.25, 0.3) is 11.8 Å². The number of aromatic nitrogens is 1. The van der Waals surface area contributed by atoms with Crippen LogP contribution in [0.1, 0.15) is 33.6 Å². The first-order valence-electron chi connectivity index (χ1n) is 8.74. The molecule has 0 atom stereocenters. The van der Waals surface area contributed by atoms with Crippen LogP contribution in [0, 0.1) is 0 Å². The van der Waals surface area contributed by atoms with E-state index in [0.717, 1.165) is 10.9 Å². The van der Waals surface area contributed by atoms with Gasteiger partial charge in [-0.05, 0) is 30.7 Å². The van der Waals surface area contributed by atoms with E-state index in [0.29, 0.717) is 23.2 Å². The quantitative estimate of drug-likeness (QED) is 0.709. The van der Waals surface area contributed by atoms with E-state index in [1.807, 2.05) is 24.3 Å². The predicted molar refractivity (Wildman–Crippen MR) is 101 cm³/mol. The SMILES string of the molecule is O=C(CCCN1C(=O)c2ccccc2C1=O)Nc1cccc2cccnc12. The van der Waals surface area contributed by atoms with Crippen molar-refractivity contribution in [3.63, 3.8) is 0 Å². The van der Waals surface area contributed by atoms with Gasteiger partial charge in [-0.15, -0.1) is 0 Å². The lowest BCUT2D eigenvalue weighted by molar-refractivity contribution is -0.116. The summed E-state index contributed by atoms with van der Waals surface area (Å²) in [6, 6.07) is 16.1. The van der Waals surface area contributed by atoms with Crippen molar-refractivity contribution in [3.8, 4) is 0 Å². The number of nitrogens with one attached hydrogen (secondary N) is 1. The number of rotatable bonds is 5. The van der Waals surface area contributed by atoms with Gasteiger partial charge in [-0.1, -0.05) is 30.3 Å². The number of hydrogen-bond acceptors (Lipinski definition) is 4. The van der Waals surface area contributed by atoms with E-state index in [2.05, 4.69) is 10.3 Å². The number of pyridine rings is 1. The summed E-state index contributed by atoms with van der Waals surface area (Å²) >= 11 is 0. The Morgan fingerprint density at radius 1 is 0.926 bits per heavy atom. The molecule has 0 spiro atoms. The molecule has 3 amide bonds. The minimum absolute atomic E-state index is 0.176. The van der Waals surface area contributed by atoms with Gasteiger partial charge in [0.05, 0.1) is 22.3 Å². The number of carbonyl (C=O) groups excluding carboxylic acids is 3. The number of para-hydroxylation sites is 1. The monoisotopic (exact) mass is 359 g/mol. The van der Waals surface area contributed by atoms with E-state index in [1.54, 1.807) is 36.5 Å². The summed E-state index contributed by atoms with van der Waals surface area (Å²) < 4.78 is 0. The Labute approximate surface area is 155 Å². The van der Waals surface area contributed by atoms with E-state index >= 15 is 0 Å². The number of imide groups is 1. The summed E-state index contributed by atoms with van der Waals surface area (Å²) in [7, 11) is 0. The van der Waals surface area contributed by atoms with Crippen LogP contribution < -0.4 is 5.32 Å². The van der Waals surface area contributed by atoms with Crippen LogP contribution in [0.15, 0.2) is 60.8 Å². The Hall–Kier alpha value is -3.54. The maximum atomic E-state index is 12.3. The highest BCUT2D eigenvalue weighted by Gasteiger charge is 2.34. The first-order valence-corrected chi connectivity index (χ1v) is 8.74. The lowest BCUT2D eigenvalue weighted by Gasteiger charge is -2.13. The van der Waals surface area contributed by atoms with Gasteiger partial charge in [0, 0.05) is 24.5 Å². The van der Waals surface area contributed by atoms with Crippen molar-refractivity contribution in [3.05, 3.63) is 71.9 Å². The molecule has 6 nitrogen and oxygen atoms in total. The average molecular weight is 359 g/mol. The molecular weight excluding hydrogens is 342 g/mol. The van der Waals surface area contributed by atoms with Crippen LogP contribution in [0.5, 0.6) is 0 Å². The smallest absolute Gasteiger partial charge is 0.261 e. The molecular formula is C21H17N3O3. The van der Waals surface area contributed by atoms with E-state index in [1.165, 1.54) is 4.90 Å². The van der Waals surface area contributed by atoms with Crippen molar-refractivity contribution in [2.45, 2.75) is 12.8 Å².